The number of ether oxygens (including phenoxy) is 1. The van der Waals surface area contributed by atoms with Crippen molar-refractivity contribution in [2.24, 2.45) is 0 Å². The maximum absolute atomic E-state index is 12.0. The summed E-state index contributed by atoms with van der Waals surface area (Å²) in [6.45, 7) is 0.539. The quantitative estimate of drug-likeness (QED) is 0.546. The number of nitrogens with zero attached hydrogens (tertiary/aromatic N) is 1. The lowest BCUT2D eigenvalue weighted by Gasteiger charge is -2.08. The number of hydrogen-bond acceptors (Lipinski definition) is 4. The van der Waals surface area contributed by atoms with E-state index in [2.05, 4.69) is 9.97 Å². The van der Waals surface area contributed by atoms with Gasteiger partial charge in [-0.25, -0.2) is 4.98 Å². The van der Waals surface area contributed by atoms with Gasteiger partial charge in [0.15, 0.2) is 0 Å². The van der Waals surface area contributed by atoms with Crippen molar-refractivity contribution in [3.63, 3.8) is 0 Å². The fourth-order valence-electron chi connectivity index (χ4n) is 2.81. The van der Waals surface area contributed by atoms with Gasteiger partial charge >= 0.3 is 5.97 Å². The summed E-state index contributed by atoms with van der Waals surface area (Å²) in [5, 5.41) is 8.61. The van der Waals surface area contributed by atoms with Gasteiger partial charge in [0.1, 0.15) is 11.6 Å². The first-order valence-electron chi connectivity index (χ1n) is 9.23. The lowest BCUT2D eigenvalue weighted by molar-refractivity contribution is -0.137. The molecule has 0 bridgehead atoms. The van der Waals surface area contributed by atoms with Crippen molar-refractivity contribution in [2.75, 3.05) is 6.61 Å². The van der Waals surface area contributed by atoms with Crippen LogP contribution in [-0.2, 0) is 4.79 Å². The van der Waals surface area contributed by atoms with Crippen LogP contribution in [0.1, 0.15) is 25.7 Å². The second-order valence-corrected chi connectivity index (χ2v) is 6.42. The number of aromatic nitrogens is 2. The highest BCUT2D eigenvalue weighted by molar-refractivity contribution is 5.66. The predicted molar refractivity (Wildman–Crippen MR) is 107 cm³/mol. The number of nitrogens with one attached hydrogen (secondary N) is 1. The van der Waals surface area contributed by atoms with Crippen molar-refractivity contribution in [1.82, 2.24) is 9.97 Å². The zero-order chi connectivity index (χ0) is 19.8. The minimum absolute atomic E-state index is 0.196. The first kappa shape index (κ1) is 19.4. The van der Waals surface area contributed by atoms with Crippen LogP contribution in [-0.4, -0.2) is 27.7 Å². The van der Waals surface area contributed by atoms with Gasteiger partial charge in [-0.15, -0.1) is 0 Å². The average Bonchev–Trinajstić information content (AvgIpc) is 2.71. The first-order valence-corrected chi connectivity index (χ1v) is 9.23. The molecule has 6 heteroatoms. The molecule has 144 valence electrons. The molecule has 3 rings (SSSR count). The minimum Gasteiger partial charge on any atom is -0.494 e. The van der Waals surface area contributed by atoms with E-state index in [1.165, 1.54) is 6.07 Å². The van der Waals surface area contributed by atoms with Crippen LogP contribution < -0.4 is 10.3 Å². The highest BCUT2D eigenvalue weighted by Crippen LogP contribution is 2.22. The van der Waals surface area contributed by atoms with E-state index in [0.29, 0.717) is 24.5 Å². The Kier molecular flexibility index (Phi) is 6.57. The van der Waals surface area contributed by atoms with Gasteiger partial charge < -0.3 is 14.8 Å². The van der Waals surface area contributed by atoms with E-state index in [1.807, 2.05) is 54.6 Å². The van der Waals surface area contributed by atoms with Gasteiger partial charge in [-0.05, 0) is 43.5 Å². The van der Waals surface area contributed by atoms with E-state index < -0.39 is 5.97 Å². The van der Waals surface area contributed by atoms with Crippen LogP contribution in [0.2, 0.25) is 0 Å². The van der Waals surface area contributed by atoms with Crippen LogP contribution in [0.3, 0.4) is 0 Å². The number of H-pyrrole nitrogens is 1. The third-order valence-electron chi connectivity index (χ3n) is 4.24. The third-order valence-corrected chi connectivity index (χ3v) is 4.24. The fourth-order valence-corrected chi connectivity index (χ4v) is 2.81. The molecule has 0 unspecified atom stereocenters. The summed E-state index contributed by atoms with van der Waals surface area (Å²) < 4.78 is 5.68. The molecular formula is C22H22N2O4. The first-order chi connectivity index (χ1) is 13.6. The highest BCUT2D eigenvalue weighted by Gasteiger charge is 2.06. The second-order valence-electron chi connectivity index (χ2n) is 6.42. The lowest BCUT2D eigenvalue weighted by Crippen LogP contribution is -2.08. The molecule has 0 spiro atoms. The molecular weight excluding hydrogens is 356 g/mol. The van der Waals surface area contributed by atoms with Crippen molar-refractivity contribution < 1.29 is 14.6 Å². The largest absolute Gasteiger partial charge is 0.494 e. The molecule has 2 N–H and O–H groups in total. The fraction of sp³-hybridized carbons (Fsp3) is 0.227. The second kappa shape index (κ2) is 9.50. The minimum atomic E-state index is -0.764. The SMILES string of the molecule is O=C(O)CCCCCOc1ccc(-c2nc(-c3ccccc3)cc(=O)[nH]2)cc1. The van der Waals surface area contributed by atoms with Crippen molar-refractivity contribution in [3.05, 3.63) is 71.0 Å². The summed E-state index contributed by atoms with van der Waals surface area (Å²) >= 11 is 0. The Morgan fingerprint density at radius 3 is 2.43 bits per heavy atom. The molecule has 1 aromatic heterocycles. The Balaban J connectivity index is 1.63. The van der Waals surface area contributed by atoms with Gasteiger partial charge in [-0.1, -0.05) is 30.3 Å². The number of hydrogen-bond donors (Lipinski definition) is 2. The van der Waals surface area contributed by atoms with E-state index in [9.17, 15) is 9.59 Å². The van der Waals surface area contributed by atoms with Gasteiger partial charge in [0.25, 0.3) is 5.56 Å². The van der Waals surface area contributed by atoms with Crippen molar-refractivity contribution in [3.8, 4) is 28.4 Å². The number of aromatic amines is 1. The number of carbonyl (C=O) groups is 1. The molecule has 1 heterocycles. The molecule has 0 radical (unpaired) electrons. The van der Waals surface area contributed by atoms with E-state index in [-0.39, 0.29) is 12.0 Å². The number of carboxylic acid groups (broad SMARTS) is 1. The maximum atomic E-state index is 12.0. The van der Waals surface area contributed by atoms with Crippen molar-refractivity contribution in [1.29, 1.82) is 0 Å². The molecule has 0 amide bonds. The molecule has 0 fully saturated rings. The monoisotopic (exact) mass is 378 g/mol. The molecule has 3 aromatic rings. The zero-order valence-electron chi connectivity index (χ0n) is 15.4. The topological polar surface area (TPSA) is 92.3 Å². The van der Waals surface area contributed by atoms with Crippen LogP contribution in [0.25, 0.3) is 22.6 Å². The molecule has 0 aliphatic carbocycles. The predicted octanol–water partition coefficient (Wildman–Crippen LogP) is 4.13. The average molecular weight is 378 g/mol. The Hall–Kier alpha value is -3.41. The summed E-state index contributed by atoms with van der Waals surface area (Å²) in [5.74, 6) is 0.467. The third kappa shape index (κ3) is 5.54. The molecule has 0 aliphatic heterocycles. The summed E-state index contributed by atoms with van der Waals surface area (Å²) in [4.78, 5) is 29.8. The van der Waals surface area contributed by atoms with E-state index in [1.54, 1.807) is 0 Å². The van der Waals surface area contributed by atoms with Gasteiger partial charge in [0, 0.05) is 23.6 Å². The van der Waals surface area contributed by atoms with Crippen molar-refractivity contribution in [2.45, 2.75) is 25.7 Å². The summed E-state index contributed by atoms with van der Waals surface area (Å²) in [6, 6.07) is 18.4. The van der Waals surface area contributed by atoms with E-state index >= 15 is 0 Å². The number of rotatable bonds is 9. The van der Waals surface area contributed by atoms with E-state index in [0.717, 1.165) is 29.7 Å². The molecule has 0 saturated carbocycles. The number of aliphatic carboxylic acids is 1. The smallest absolute Gasteiger partial charge is 0.303 e. The molecule has 0 aliphatic rings. The van der Waals surface area contributed by atoms with Crippen LogP contribution >= 0.6 is 0 Å². The lowest BCUT2D eigenvalue weighted by atomic mass is 10.1. The Labute approximate surface area is 162 Å². The Bertz CT molecular complexity index is 966. The van der Waals surface area contributed by atoms with Gasteiger partial charge in [-0.3, -0.25) is 9.59 Å². The molecule has 6 nitrogen and oxygen atoms in total. The molecule has 2 aromatic carbocycles. The van der Waals surface area contributed by atoms with Gasteiger partial charge in [-0.2, -0.15) is 0 Å². The standard InChI is InChI=1S/C22H22N2O4/c25-20-15-19(16-7-3-1-4-8-16)23-22(24-20)17-10-12-18(13-11-17)28-14-6-2-5-9-21(26)27/h1,3-4,7-8,10-13,15H,2,5-6,9,14H2,(H,26,27)(H,23,24,25). The van der Waals surface area contributed by atoms with E-state index in [4.69, 9.17) is 9.84 Å². The zero-order valence-corrected chi connectivity index (χ0v) is 15.4. The molecule has 0 atom stereocenters. The highest BCUT2D eigenvalue weighted by atomic mass is 16.5. The van der Waals surface area contributed by atoms with Crippen LogP contribution in [0, 0.1) is 0 Å². The van der Waals surface area contributed by atoms with Crippen molar-refractivity contribution >= 4 is 5.97 Å². The Morgan fingerprint density at radius 1 is 0.964 bits per heavy atom. The van der Waals surface area contributed by atoms with Gasteiger partial charge in [0.05, 0.1) is 12.3 Å². The van der Waals surface area contributed by atoms with Crippen LogP contribution in [0.5, 0.6) is 5.75 Å². The van der Waals surface area contributed by atoms with Crippen LogP contribution in [0.15, 0.2) is 65.5 Å². The summed E-state index contributed by atoms with van der Waals surface area (Å²) in [7, 11) is 0. The normalized spacial score (nSPS) is 10.6. The van der Waals surface area contributed by atoms with Gasteiger partial charge in [0.2, 0.25) is 0 Å². The number of unbranched alkanes of at least 4 members (excludes halogenated alkanes) is 2. The number of benzene rings is 2. The molecule has 28 heavy (non-hydrogen) atoms. The maximum Gasteiger partial charge on any atom is 0.303 e. The molecule has 0 saturated heterocycles. The Morgan fingerprint density at radius 2 is 1.71 bits per heavy atom. The summed E-state index contributed by atoms with van der Waals surface area (Å²) in [6.07, 6.45) is 2.49. The summed E-state index contributed by atoms with van der Waals surface area (Å²) in [5.41, 5.74) is 2.10. The number of carboxylic acids is 1. The van der Waals surface area contributed by atoms with Crippen LogP contribution in [0.4, 0.5) is 0 Å².